The predicted octanol–water partition coefficient (Wildman–Crippen LogP) is 3.51. The summed E-state index contributed by atoms with van der Waals surface area (Å²) in [6, 6.07) is 0.338. The third kappa shape index (κ3) is 2.51. The molecule has 1 aromatic heterocycles. The fourth-order valence-electron chi connectivity index (χ4n) is 4.73. The standard InChI is InChI=1S/C18H24N2O3/c1-18(2)8-12(5-6-23-18)20-16-15-11-4-3-10(7-11)14(15)13(9-19-16)17(21)22/h9-12H,3-8H2,1-2H3,(H,19,20)(H,21,22). The molecule has 5 heteroatoms. The lowest BCUT2D eigenvalue weighted by atomic mass is 9.88. The van der Waals surface area contributed by atoms with Crippen molar-refractivity contribution in [3.8, 4) is 0 Å². The summed E-state index contributed by atoms with van der Waals surface area (Å²) >= 11 is 0. The van der Waals surface area contributed by atoms with Crippen molar-refractivity contribution in [3.05, 3.63) is 22.9 Å². The van der Waals surface area contributed by atoms with E-state index in [1.165, 1.54) is 5.56 Å². The van der Waals surface area contributed by atoms with Gasteiger partial charge in [-0.2, -0.15) is 0 Å². The van der Waals surface area contributed by atoms with Crippen LogP contribution in [-0.2, 0) is 4.74 Å². The molecule has 3 aliphatic rings. The second kappa shape index (κ2) is 5.20. The minimum atomic E-state index is -0.847. The molecule has 2 N–H and O–H groups in total. The zero-order valence-electron chi connectivity index (χ0n) is 13.8. The number of aromatic nitrogens is 1. The van der Waals surface area contributed by atoms with Gasteiger partial charge in [-0.1, -0.05) is 0 Å². The largest absolute Gasteiger partial charge is 0.478 e. The fourth-order valence-corrected chi connectivity index (χ4v) is 4.73. The van der Waals surface area contributed by atoms with Crippen molar-refractivity contribution < 1.29 is 14.6 Å². The first-order valence-corrected chi connectivity index (χ1v) is 8.61. The number of hydrogen-bond donors (Lipinski definition) is 2. The molecular formula is C18H24N2O3. The van der Waals surface area contributed by atoms with Gasteiger partial charge in [-0.25, -0.2) is 9.78 Å². The second-order valence-electron chi connectivity index (χ2n) is 7.80. The van der Waals surface area contributed by atoms with Gasteiger partial charge in [-0.05, 0) is 63.4 Å². The normalized spacial score (nSPS) is 31.0. The number of carboxylic acids is 1. The molecule has 1 saturated heterocycles. The lowest BCUT2D eigenvalue weighted by Crippen LogP contribution is -2.40. The van der Waals surface area contributed by atoms with Crippen molar-refractivity contribution in [3.63, 3.8) is 0 Å². The molecule has 23 heavy (non-hydrogen) atoms. The number of carbonyl (C=O) groups is 1. The SMILES string of the molecule is CC1(C)CC(Nc2ncc(C(=O)O)c3c2C2CCC3C2)CCO1. The number of rotatable bonds is 3. The summed E-state index contributed by atoms with van der Waals surface area (Å²) in [5.41, 5.74) is 2.53. The van der Waals surface area contributed by atoms with Crippen molar-refractivity contribution in [1.29, 1.82) is 0 Å². The Kier molecular flexibility index (Phi) is 3.38. The van der Waals surface area contributed by atoms with Crippen LogP contribution >= 0.6 is 0 Å². The number of anilines is 1. The van der Waals surface area contributed by atoms with E-state index in [4.69, 9.17) is 4.74 Å². The van der Waals surface area contributed by atoms with Crippen molar-refractivity contribution in [2.75, 3.05) is 11.9 Å². The zero-order valence-corrected chi connectivity index (χ0v) is 13.8. The molecule has 2 aliphatic carbocycles. The van der Waals surface area contributed by atoms with Gasteiger partial charge >= 0.3 is 5.97 Å². The van der Waals surface area contributed by atoms with Gasteiger partial charge in [0.15, 0.2) is 0 Å². The van der Waals surface area contributed by atoms with Crippen LogP contribution in [0, 0.1) is 0 Å². The molecule has 1 saturated carbocycles. The topological polar surface area (TPSA) is 71.5 Å². The van der Waals surface area contributed by atoms with E-state index in [2.05, 4.69) is 24.1 Å². The molecule has 3 unspecified atom stereocenters. The highest BCUT2D eigenvalue weighted by Gasteiger charge is 2.42. The van der Waals surface area contributed by atoms with Gasteiger partial charge in [0.2, 0.25) is 0 Å². The summed E-state index contributed by atoms with van der Waals surface area (Å²) in [7, 11) is 0. The van der Waals surface area contributed by atoms with Gasteiger partial charge < -0.3 is 15.2 Å². The number of nitrogens with one attached hydrogen (secondary N) is 1. The minimum absolute atomic E-state index is 0.112. The van der Waals surface area contributed by atoms with Crippen LogP contribution in [0.2, 0.25) is 0 Å². The van der Waals surface area contributed by atoms with Crippen molar-refractivity contribution in [2.24, 2.45) is 0 Å². The Balaban J connectivity index is 1.67. The Morgan fingerprint density at radius 3 is 2.74 bits per heavy atom. The van der Waals surface area contributed by atoms with Crippen LogP contribution in [0.25, 0.3) is 0 Å². The quantitative estimate of drug-likeness (QED) is 0.893. The van der Waals surface area contributed by atoms with Gasteiger partial charge in [0, 0.05) is 24.4 Å². The maximum Gasteiger partial charge on any atom is 0.337 e. The van der Waals surface area contributed by atoms with E-state index >= 15 is 0 Å². The van der Waals surface area contributed by atoms with Crippen molar-refractivity contribution in [1.82, 2.24) is 4.98 Å². The molecule has 1 aliphatic heterocycles. The summed E-state index contributed by atoms with van der Waals surface area (Å²) in [5, 5.41) is 13.1. The van der Waals surface area contributed by atoms with E-state index in [0.29, 0.717) is 23.4 Å². The molecule has 2 bridgehead atoms. The highest BCUT2D eigenvalue weighted by atomic mass is 16.5. The van der Waals surface area contributed by atoms with Gasteiger partial charge in [-0.15, -0.1) is 0 Å². The highest BCUT2D eigenvalue weighted by Crippen LogP contribution is 2.56. The maximum absolute atomic E-state index is 11.5. The molecule has 0 radical (unpaired) electrons. The molecule has 5 nitrogen and oxygen atoms in total. The minimum Gasteiger partial charge on any atom is -0.478 e. The van der Waals surface area contributed by atoms with Gasteiger partial charge in [0.05, 0.1) is 11.2 Å². The molecule has 2 heterocycles. The molecule has 0 aromatic carbocycles. The molecule has 1 aromatic rings. The van der Waals surface area contributed by atoms with E-state index in [-0.39, 0.29) is 5.60 Å². The Labute approximate surface area is 136 Å². The molecule has 0 spiro atoms. The van der Waals surface area contributed by atoms with E-state index in [9.17, 15) is 9.90 Å². The lowest BCUT2D eigenvalue weighted by Gasteiger charge is -2.36. The first-order chi connectivity index (χ1) is 10.9. The molecule has 4 rings (SSSR count). The summed E-state index contributed by atoms with van der Waals surface area (Å²) in [4.78, 5) is 16.0. The number of carboxylic acid groups (broad SMARTS) is 1. The number of pyridine rings is 1. The van der Waals surface area contributed by atoms with E-state index in [0.717, 1.165) is 50.1 Å². The van der Waals surface area contributed by atoms with Crippen LogP contribution < -0.4 is 5.32 Å². The first-order valence-electron chi connectivity index (χ1n) is 8.61. The third-order valence-corrected chi connectivity index (χ3v) is 5.68. The van der Waals surface area contributed by atoms with E-state index in [1.54, 1.807) is 6.20 Å². The first kappa shape index (κ1) is 14.9. The molecular weight excluding hydrogens is 292 g/mol. The average molecular weight is 316 g/mol. The lowest BCUT2D eigenvalue weighted by molar-refractivity contribution is -0.0553. The highest BCUT2D eigenvalue weighted by molar-refractivity contribution is 5.91. The summed E-state index contributed by atoms with van der Waals surface area (Å²) in [6.45, 7) is 4.99. The van der Waals surface area contributed by atoms with Crippen LogP contribution in [-0.4, -0.2) is 34.3 Å². The zero-order chi connectivity index (χ0) is 16.2. The van der Waals surface area contributed by atoms with Gasteiger partial charge in [-0.3, -0.25) is 0 Å². The second-order valence-corrected chi connectivity index (χ2v) is 7.80. The Hall–Kier alpha value is -1.62. The summed E-state index contributed by atoms with van der Waals surface area (Å²) in [5.74, 6) is 0.966. The van der Waals surface area contributed by atoms with Crippen molar-refractivity contribution in [2.45, 2.75) is 69.4 Å². The molecule has 3 atom stereocenters. The predicted molar refractivity (Wildman–Crippen MR) is 87.2 cm³/mol. The number of aromatic carboxylic acids is 1. The van der Waals surface area contributed by atoms with Crippen LogP contribution in [0.4, 0.5) is 5.82 Å². The molecule has 2 fully saturated rings. The van der Waals surface area contributed by atoms with Gasteiger partial charge in [0.25, 0.3) is 0 Å². The van der Waals surface area contributed by atoms with Crippen LogP contribution in [0.15, 0.2) is 6.20 Å². The Morgan fingerprint density at radius 1 is 1.30 bits per heavy atom. The fraction of sp³-hybridized carbons (Fsp3) is 0.667. The van der Waals surface area contributed by atoms with Crippen LogP contribution in [0.1, 0.15) is 79.3 Å². The third-order valence-electron chi connectivity index (χ3n) is 5.68. The monoisotopic (exact) mass is 316 g/mol. The Morgan fingerprint density at radius 2 is 2.04 bits per heavy atom. The Bertz CT molecular complexity index is 656. The van der Waals surface area contributed by atoms with E-state index < -0.39 is 5.97 Å². The molecule has 124 valence electrons. The summed E-state index contributed by atoms with van der Waals surface area (Å²) in [6.07, 6.45) is 6.83. The number of fused-ring (bicyclic) bond motifs is 5. The number of nitrogens with zero attached hydrogens (tertiary/aromatic N) is 1. The van der Waals surface area contributed by atoms with Crippen molar-refractivity contribution >= 4 is 11.8 Å². The summed E-state index contributed by atoms with van der Waals surface area (Å²) < 4.78 is 5.79. The smallest absolute Gasteiger partial charge is 0.337 e. The number of hydrogen-bond acceptors (Lipinski definition) is 4. The number of ether oxygens (including phenoxy) is 1. The average Bonchev–Trinajstić information content (AvgIpc) is 3.08. The maximum atomic E-state index is 11.5. The van der Waals surface area contributed by atoms with Crippen LogP contribution in [0.5, 0.6) is 0 Å². The van der Waals surface area contributed by atoms with Gasteiger partial charge in [0.1, 0.15) is 5.82 Å². The molecule has 0 amide bonds. The van der Waals surface area contributed by atoms with Crippen LogP contribution in [0.3, 0.4) is 0 Å². The van der Waals surface area contributed by atoms with E-state index in [1.807, 2.05) is 0 Å².